The number of hydrogen-bond donors (Lipinski definition) is 2. The van der Waals surface area contributed by atoms with Crippen LogP contribution in [0.1, 0.15) is 52.4 Å². The zero-order chi connectivity index (χ0) is 14.5. The number of carbonyl (C=O) groups is 1. The summed E-state index contributed by atoms with van der Waals surface area (Å²) in [6.45, 7) is 4.25. The molecular formula is C13H25NO4S. The summed E-state index contributed by atoms with van der Waals surface area (Å²) in [6, 6.07) is 0.0172. The lowest BCUT2D eigenvalue weighted by Crippen LogP contribution is -2.44. The van der Waals surface area contributed by atoms with E-state index in [1.807, 2.05) is 0 Å². The molecule has 0 amide bonds. The van der Waals surface area contributed by atoms with E-state index in [0.717, 1.165) is 19.3 Å². The van der Waals surface area contributed by atoms with Crippen LogP contribution in [0.25, 0.3) is 0 Å². The summed E-state index contributed by atoms with van der Waals surface area (Å²) in [6.07, 6.45) is 4.26. The fourth-order valence-corrected chi connectivity index (χ4v) is 4.20. The molecule has 0 spiro atoms. The quantitative estimate of drug-likeness (QED) is 0.751. The van der Waals surface area contributed by atoms with Gasteiger partial charge in [0.2, 0.25) is 10.0 Å². The van der Waals surface area contributed by atoms with Gasteiger partial charge in [0.05, 0.1) is 5.75 Å². The SMILES string of the molecule is CC(C)C1CCCCC1NS(=O)(=O)CCCC(=O)O. The lowest BCUT2D eigenvalue weighted by atomic mass is 9.78. The summed E-state index contributed by atoms with van der Waals surface area (Å²) in [4.78, 5) is 10.4. The van der Waals surface area contributed by atoms with Gasteiger partial charge in [-0.25, -0.2) is 13.1 Å². The highest BCUT2D eigenvalue weighted by Crippen LogP contribution is 2.30. The van der Waals surface area contributed by atoms with E-state index >= 15 is 0 Å². The second kappa shape index (κ2) is 7.24. The normalized spacial score (nSPS) is 24.6. The molecule has 0 radical (unpaired) electrons. The molecule has 1 saturated carbocycles. The lowest BCUT2D eigenvalue weighted by molar-refractivity contribution is -0.137. The first-order valence-electron chi connectivity index (χ1n) is 7.03. The Morgan fingerprint density at radius 2 is 1.95 bits per heavy atom. The van der Waals surface area contributed by atoms with Crippen molar-refractivity contribution >= 4 is 16.0 Å². The first-order chi connectivity index (χ1) is 8.82. The highest BCUT2D eigenvalue weighted by atomic mass is 32.2. The number of rotatable bonds is 7. The van der Waals surface area contributed by atoms with Gasteiger partial charge in [0.25, 0.3) is 0 Å². The Kier molecular flexibility index (Phi) is 6.26. The van der Waals surface area contributed by atoms with Crippen molar-refractivity contribution in [2.45, 2.75) is 58.4 Å². The highest BCUT2D eigenvalue weighted by molar-refractivity contribution is 7.89. The fourth-order valence-electron chi connectivity index (χ4n) is 2.81. The zero-order valence-electron chi connectivity index (χ0n) is 11.8. The van der Waals surface area contributed by atoms with Crippen molar-refractivity contribution < 1.29 is 18.3 Å². The number of carboxylic acids is 1. The van der Waals surface area contributed by atoms with Gasteiger partial charge in [0, 0.05) is 12.5 Å². The van der Waals surface area contributed by atoms with Gasteiger partial charge in [-0.1, -0.05) is 26.7 Å². The van der Waals surface area contributed by atoms with E-state index in [4.69, 9.17) is 5.11 Å². The van der Waals surface area contributed by atoms with E-state index in [0.29, 0.717) is 11.8 Å². The van der Waals surface area contributed by atoms with Crippen LogP contribution in [-0.2, 0) is 14.8 Å². The average Bonchev–Trinajstić information content (AvgIpc) is 2.27. The standard InChI is InChI=1S/C13H25NO4S/c1-10(2)11-6-3-4-7-12(11)14-19(17,18)9-5-8-13(15)16/h10-12,14H,3-9H2,1-2H3,(H,15,16). The van der Waals surface area contributed by atoms with E-state index in [1.165, 1.54) is 6.42 Å². The van der Waals surface area contributed by atoms with Crippen molar-refractivity contribution in [1.82, 2.24) is 4.72 Å². The van der Waals surface area contributed by atoms with Crippen LogP contribution in [0.15, 0.2) is 0 Å². The molecule has 2 unspecified atom stereocenters. The molecule has 1 aliphatic carbocycles. The molecule has 0 saturated heterocycles. The summed E-state index contributed by atoms with van der Waals surface area (Å²) in [5.74, 6) is -0.191. The number of sulfonamides is 1. The monoisotopic (exact) mass is 291 g/mol. The Morgan fingerprint density at radius 3 is 2.53 bits per heavy atom. The maximum Gasteiger partial charge on any atom is 0.303 e. The smallest absolute Gasteiger partial charge is 0.303 e. The number of nitrogens with one attached hydrogen (secondary N) is 1. The van der Waals surface area contributed by atoms with Crippen molar-refractivity contribution in [3.8, 4) is 0 Å². The van der Waals surface area contributed by atoms with Gasteiger partial charge in [0.15, 0.2) is 0 Å². The number of aliphatic carboxylic acids is 1. The molecule has 0 aliphatic heterocycles. The first-order valence-corrected chi connectivity index (χ1v) is 8.69. The maximum absolute atomic E-state index is 11.9. The molecule has 112 valence electrons. The van der Waals surface area contributed by atoms with Crippen molar-refractivity contribution in [3.63, 3.8) is 0 Å². The number of carboxylic acid groups (broad SMARTS) is 1. The third-order valence-electron chi connectivity index (χ3n) is 3.81. The van der Waals surface area contributed by atoms with Crippen LogP contribution in [0.4, 0.5) is 0 Å². The first kappa shape index (κ1) is 16.4. The molecule has 1 fully saturated rings. The molecule has 19 heavy (non-hydrogen) atoms. The molecule has 0 heterocycles. The summed E-state index contributed by atoms with van der Waals surface area (Å²) < 4.78 is 26.7. The average molecular weight is 291 g/mol. The van der Waals surface area contributed by atoms with Crippen LogP contribution < -0.4 is 4.72 Å². The van der Waals surface area contributed by atoms with Crippen LogP contribution in [-0.4, -0.2) is 31.3 Å². The molecule has 0 aromatic heterocycles. The summed E-state index contributed by atoms with van der Waals surface area (Å²) in [5.41, 5.74) is 0. The van der Waals surface area contributed by atoms with Crippen molar-refractivity contribution in [2.75, 3.05) is 5.75 Å². The Balaban J connectivity index is 2.52. The van der Waals surface area contributed by atoms with Gasteiger partial charge >= 0.3 is 5.97 Å². The lowest BCUT2D eigenvalue weighted by Gasteiger charge is -2.34. The topological polar surface area (TPSA) is 83.5 Å². The minimum atomic E-state index is -3.36. The van der Waals surface area contributed by atoms with Gasteiger partial charge in [0.1, 0.15) is 0 Å². The van der Waals surface area contributed by atoms with Gasteiger partial charge in [-0.3, -0.25) is 4.79 Å². The van der Waals surface area contributed by atoms with Gasteiger partial charge in [-0.15, -0.1) is 0 Å². The van der Waals surface area contributed by atoms with Crippen molar-refractivity contribution in [3.05, 3.63) is 0 Å². The zero-order valence-corrected chi connectivity index (χ0v) is 12.6. The highest BCUT2D eigenvalue weighted by Gasteiger charge is 2.30. The molecule has 5 nitrogen and oxygen atoms in total. The predicted octanol–water partition coefficient (Wildman–Crippen LogP) is 1.99. The Labute approximate surface area is 115 Å². The third-order valence-corrected chi connectivity index (χ3v) is 5.30. The fraction of sp³-hybridized carbons (Fsp3) is 0.923. The summed E-state index contributed by atoms with van der Waals surface area (Å²) in [5, 5.41) is 8.53. The Bertz CT molecular complexity index is 391. The van der Waals surface area contributed by atoms with E-state index in [2.05, 4.69) is 18.6 Å². The summed E-state index contributed by atoms with van der Waals surface area (Å²) in [7, 11) is -3.36. The van der Waals surface area contributed by atoms with Crippen LogP contribution >= 0.6 is 0 Å². The van der Waals surface area contributed by atoms with Crippen molar-refractivity contribution in [2.24, 2.45) is 11.8 Å². The molecular weight excluding hydrogens is 266 g/mol. The molecule has 0 aromatic carbocycles. The van der Waals surface area contributed by atoms with E-state index in [1.54, 1.807) is 0 Å². The van der Waals surface area contributed by atoms with E-state index < -0.39 is 16.0 Å². The van der Waals surface area contributed by atoms with E-state index in [-0.39, 0.29) is 24.6 Å². The molecule has 2 atom stereocenters. The molecule has 1 rings (SSSR count). The van der Waals surface area contributed by atoms with Gasteiger partial charge in [-0.05, 0) is 31.1 Å². The summed E-state index contributed by atoms with van der Waals surface area (Å²) >= 11 is 0. The Morgan fingerprint density at radius 1 is 1.32 bits per heavy atom. The van der Waals surface area contributed by atoms with Crippen LogP contribution in [0.5, 0.6) is 0 Å². The van der Waals surface area contributed by atoms with Crippen LogP contribution in [0.3, 0.4) is 0 Å². The molecule has 6 heteroatoms. The van der Waals surface area contributed by atoms with Crippen LogP contribution in [0, 0.1) is 11.8 Å². The molecule has 1 aliphatic rings. The number of hydrogen-bond acceptors (Lipinski definition) is 3. The Hall–Kier alpha value is -0.620. The molecule has 0 aromatic rings. The van der Waals surface area contributed by atoms with Gasteiger partial charge in [-0.2, -0.15) is 0 Å². The van der Waals surface area contributed by atoms with Gasteiger partial charge < -0.3 is 5.11 Å². The molecule has 0 bridgehead atoms. The second-order valence-corrected chi connectivity index (χ2v) is 7.61. The predicted molar refractivity (Wildman–Crippen MR) is 74.4 cm³/mol. The second-order valence-electron chi connectivity index (χ2n) is 5.73. The minimum Gasteiger partial charge on any atom is -0.481 e. The maximum atomic E-state index is 11.9. The largest absolute Gasteiger partial charge is 0.481 e. The minimum absolute atomic E-state index is 0.0172. The van der Waals surface area contributed by atoms with E-state index in [9.17, 15) is 13.2 Å². The van der Waals surface area contributed by atoms with Crippen molar-refractivity contribution in [1.29, 1.82) is 0 Å². The molecule has 2 N–H and O–H groups in total. The van der Waals surface area contributed by atoms with Crippen LogP contribution in [0.2, 0.25) is 0 Å². The third kappa shape index (κ3) is 5.91.